The van der Waals surface area contributed by atoms with Crippen molar-refractivity contribution in [3.8, 4) is 0 Å². The molecule has 9 nitrogen and oxygen atoms in total. The topological polar surface area (TPSA) is 117 Å². The Morgan fingerprint density at radius 2 is 2.15 bits per heavy atom. The molecular weight excluding hydrogens is 358 g/mol. The lowest BCUT2D eigenvalue weighted by Gasteiger charge is -2.42. The van der Waals surface area contributed by atoms with Gasteiger partial charge in [0.2, 0.25) is 10.0 Å². The molecule has 0 spiro atoms. The SMILES string of the molecule is CCN(CC(=O)O)C1CC(NS(=O)(=O)c2cnc3c(c2)c(C)nn3C)C1. The van der Waals surface area contributed by atoms with Gasteiger partial charge in [-0.2, -0.15) is 5.10 Å². The Morgan fingerprint density at radius 1 is 1.46 bits per heavy atom. The first-order valence-corrected chi connectivity index (χ1v) is 9.97. The van der Waals surface area contributed by atoms with Crippen molar-refractivity contribution < 1.29 is 18.3 Å². The van der Waals surface area contributed by atoms with Gasteiger partial charge in [-0.1, -0.05) is 6.92 Å². The predicted octanol–water partition coefficient (Wildman–Crippen LogP) is 0.493. The second-order valence-corrected chi connectivity index (χ2v) is 8.37. The van der Waals surface area contributed by atoms with Gasteiger partial charge in [0.1, 0.15) is 4.90 Å². The first-order chi connectivity index (χ1) is 12.2. The molecule has 1 saturated carbocycles. The predicted molar refractivity (Wildman–Crippen MR) is 95.3 cm³/mol. The van der Waals surface area contributed by atoms with Crippen LogP contribution in [0.4, 0.5) is 0 Å². The van der Waals surface area contributed by atoms with Crippen LogP contribution in [0.25, 0.3) is 11.0 Å². The molecule has 2 aromatic heterocycles. The summed E-state index contributed by atoms with van der Waals surface area (Å²) in [6.45, 7) is 4.31. The van der Waals surface area contributed by atoms with Crippen molar-refractivity contribution in [2.24, 2.45) is 7.05 Å². The van der Waals surface area contributed by atoms with Crippen molar-refractivity contribution in [1.29, 1.82) is 0 Å². The second kappa shape index (κ2) is 6.93. The zero-order valence-corrected chi connectivity index (χ0v) is 15.8. The minimum absolute atomic E-state index is 0.0263. The molecule has 2 N–H and O–H groups in total. The molecule has 0 unspecified atom stereocenters. The van der Waals surface area contributed by atoms with Crippen LogP contribution in [0.2, 0.25) is 0 Å². The highest BCUT2D eigenvalue weighted by Crippen LogP contribution is 2.27. The summed E-state index contributed by atoms with van der Waals surface area (Å²) in [6.07, 6.45) is 2.54. The van der Waals surface area contributed by atoms with Crippen LogP contribution in [0.1, 0.15) is 25.5 Å². The summed E-state index contributed by atoms with van der Waals surface area (Å²) in [4.78, 5) is 17.1. The van der Waals surface area contributed by atoms with E-state index in [4.69, 9.17) is 5.11 Å². The summed E-state index contributed by atoms with van der Waals surface area (Å²) in [5.74, 6) is -0.873. The third-order valence-corrected chi connectivity index (χ3v) is 6.33. The molecule has 0 saturated heterocycles. The van der Waals surface area contributed by atoms with Gasteiger partial charge < -0.3 is 5.11 Å². The summed E-state index contributed by atoms with van der Waals surface area (Å²) in [5.41, 5.74) is 1.36. The number of sulfonamides is 1. The number of hydrogen-bond acceptors (Lipinski definition) is 6. The minimum Gasteiger partial charge on any atom is -0.480 e. The quantitative estimate of drug-likeness (QED) is 0.717. The van der Waals surface area contributed by atoms with Gasteiger partial charge >= 0.3 is 5.97 Å². The van der Waals surface area contributed by atoms with Gasteiger partial charge in [0.05, 0.1) is 12.2 Å². The van der Waals surface area contributed by atoms with Crippen molar-refractivity contribution in [1.82, 2.24) is 24.4 Å². The van der Waals surface area contributed by atoms with E-state index < -0.39 is 16.0 Å². The maximum atomic E-state index is 12.6. The van der Waals surface area contributed by atoms with Gasteiger partial charge in [-0.15, -0.1) is 0 Å². The molecule has 0 bridgehead atoms. The number of likely N-dealkylation sites (N-methyl/N-ethyl adjacent to an activating group) is 1. The maximum Gasteiger partial charge on any atom is 0.317 e. The molecule has 0 amide bonds. The fourth-order valence-corrected chi connectivity index (χ4v) is 4.61. The van der Waals surface area contributed by atoms with Crippen molar-refractivity contribution in [2.45, 2.75) is 43.7 Å². The number of hydrogen-bond donors (Lipinski definition) is 2. The number of aryl methyl sites for hydroxylation is 2. The third kappa shape index (κ3) is 3.57. The van der Waals surface area contributed by atoms with E-state index in [0.29, 0.717) is 30.4 Å². The average molecular weight is 381 g/mol. The van der Waals surface area contributed by atoms with Crippen LogP contribution in [-0.2, 0) is 21.9 Å². The lowest BCUT2D eigenvalue weighted by atomic mass is 9.86. The van der Waals surface area contributed by atoms with Crippen LogP contribution in [0.3, 0.4) is 0 Å². The van der Waals surface area contributed by atoms with Crippen molar-refractivity contribution in [3.05, 3.63) is 18.0 Å². The number of carboxylic acids is 1. The Kier molecular flexibility index (Phi) is 5.00. The fourth-order valence-electron chi connectivity index (χ4n) is 3.38. The van der Waals surface area contributed by atoms with E-state index in [9.17, 15) is 13.2 Å². The highest BCUT2D eigenvalue weighted by atomic mass is 32.2. The molecule has 3 rings (SSSR count). The Morgan fingerprint density at radius 3 is 2.77 bits per heavy atom. The number of fused-ring (bicyclic) bond motifs is 1. The normalized spacial score (nSPS) is 20.5. The third-order valence-electron chi connectivity index (χ3n) is 4.84. The first kappa shape index (κ1) is 18.7. The highest BCUT2D eigenvalue weighted by molar-refractivity contribution is 7.89. The van der Waals surface area contributed by atoms with Crippen LogP contribution in [-0.4, -0.2) is 64.3 Å². The smallest absolute Gasteiger partial charge is 0.317 e. The summed E-state index contributed by atoms with van der Waals surface area (Å²) in [6, 6.07) is 1.48. The number of nitrogens with zero attached hydrogens (tertiary/aromatic N) is 4. The zero-order valence-electron chi connectivity index (χ0n) is 15.0. The lowest BCUT2D eigenvalue weighted by Crippen LogP contribution is -2.54. The van der Waals surface area contributed by atoms with Gasteiger partial charge in [-0.3, -0.25) is 14.4 Å². The lowest BCUT2D eigenvalue weighted by molar-refractivity contribution is -0.139. The van der Waals surface area contributed by atoms with Gasteiger partial charge in [0, 0.05) is 30.7 Å². The Bertz CT molecular complexity index is 934. The van der Waals surface area contributed by atoms with Crippen LogP contribution in [0.5, 0.6) is 0 Å². The molecule has 0 aliphatic heterocycles. The molecule has 1 fully saturated rings. The standard InChI is InChI=1S/C16H23N5O4S/c1-4-21(9-15(22)23)12-5-11(6-12)19-26(24,25)13-7-14-10(2)18-20(3)16(14)17-8-13/h7-8,11-12,19H,4-6,9H2,1-3H3,(H,22,23). The zero-order chi connectivity index (χ0) is 19.1. The first-order valence-electron chi connectivity index (χ1n) is 8.48. The summed E-state index contributed by atoms with van der Waals surface area (Å²) < 4.78 is 29.6. The monoisotopic (exact) mass is 381 g/mol. The second-order valence-electron chi connectivity index (χ2n) is 6.65. The number of nitrogens with one attached hydrogen (secondary N) is 1. The number of carbonyl (C=O) groups is 1. The molecule has 0 radical (unpaired) electrons. The number of rotatable bonds is 7. The Balaban J connectivity index is 1.69. The molecule has 2 heterocycles. The van der Waals surface area contributed by atoms with E-state index in [0.717, 1.165) is 5.69 Å². The molecule has 1 aliphatic rings. The average Bonchev–Trinajstić information content (AvgIpc) is 2.82. The largest absolute Gasteiger partial charge is 0.480 e. The van der Waals surface area contributed by atoms with E-state index in [2.05, 4.69) is 14.8 Å². The van der Waals surface area contributed by atoms with E-state index in [1.165, 1.54) is 6.20 Å². The van der Waals surface area contributed by atoms with E-state index in [-0.39, 0.29) is 23.5 Å². The molecule has 142 valence electrons. The number of aromatic nitrogens is 3. The van der Waals surface area contributed by atoms with Gasteiger partial charge in [0.25, 0.3) is 0 Å². The number of carboxylic acid groups (broad SMARTS) is 1. The van der Waals surface area contributed by atoms with E-state index >= 15 is 0 Å². The molecule has 2 aromatic rings. The van der Waals surface area contributed by atoms with Crippen molar-refractivity contribution in [2.75, 3.05) is 13.1 Å². The van der Waals surface area contributed by atoms with Crippen LogP contribution in [0.15, 0.2) is 17.2 Å². The van der Waals surface area contributed by atoms with Crippen molar-refractivity contribution in [3.63, 3.8) is 0 Å². The summed E-state index contributed by atoms with van der Waals surface area (Å²) in [7, 11) is -1.92. The number of aliphatic carboxylic acids is 1. The maximum absolute atomic E-state index is 12.6. The molecule has 1 aliphatic carbocycles. The van der Waals surface area contributed by atoms with Gasteiger partial charge in [-0.25, -0.2) is 18.1 Å². The summed E-state index contributed by atoms with van der Waals surface area (Å²) >= 11 is 0. The highest BCUT2D eigenvalue weighted by Gasteiger charge is 2.36. The van der Waals surface area contributed by atoms with Gasteiger partial charge in [0.15, 0.2) is 5.65 Å². The van der Waals surface area contributed by atoms with Crippen LogP contribution >= 0.6 is 0 Å². The molecule has 26 heavy (non-hydrogen) atoms. The fraction of sp³-hybridized carbons (Fsp3) is 0.562. The molecule has 10 heteroatoms. The molecular formula is C16H23N5O4S. The van der Waals surface area contributed by atoms with Crippen LogP contribution in [0, 0.1) is 6.92 Å². The molecule has 0 atom stereocenters. The van der Waals surface area contributed by atoms with E-state index in [1.807, 2.05) is 18.7 Å². The number of pyridine rings is 1. The summed E-state index contributed by atoms with van der Waals surface area (Å²) in [5, 5.41) is 13.9. The Hall–Kier alpha value is -2.04. The van der Waals surface area contributed by atoms with Crippen molar-refractivity contribution >= 4 is 27.0 Å². The molecule has 0 aromatic carbocycles. The van der Waals surface area contributed by atoms with E-state index in [1.54, 1.807) is 17.8 Å². The van der Waals surface area contributed by atoms with Crippen LogP contribution < -0.4 is 4.72 Å². The van der Waals surface area contributed by atoms with Gasteiger partial charge in [-0.05, 0) is 32.4 Å². The minimum atomic E-state index is -3.68. The Labute approximate surface area is 152 Å².